The number of halogens is 2. The Morgan fingerprint density at radius 3 is 2.57 bits per heavy atom. The van der Waals surface area contributed by atoms with Crippen LogP contribution in [0.2, 0.25) is 0 Å². The lowest BCUT2D eigenvalue weighted by Gasteiger charge is -2.18. The average molecular weight is 399 g/mol. The number of carbonyl (C=O) groups excluding carboxylic acids is 1. The molecule has 0 fully saturated rings. The molecule has 0 heterocycles. The minimum Gasteiger partial charge on any atom is -0.380 e. The first kappa shape index (κ1) is 18.4. The summed E-state index contributed by atoms with van der Waals surface area (Å²) in [6.07, 6.45) is 0. The first-order chi connectivity index (χ1) is 9.68. The van der Waals surface area contributed by atoms with Crippen LogP contribution in [0.3, 0.4) is 0 Å². The molecule has 0 aliphatic heterocycles. The zero-order valence-electron chi connectivity index (χ0n) is 12.0. The minimum atomic E-state index is -3.91. The van der Waals surface area contributed by atoms with Crippen LogP contribution in [0.5, 0.6) is 0 Å². The fraction of sp³-hybridized carbons (Fsp3) is 0.462. The maximum atomic E-state index is 12.3. The quantitative estimate of drug-likeness (QED) is 0.546. The molecule has 0 aliphatic rings. The molecule has 118 valence electrons. The summed E-state index contributed by atoms with van der Waals surface area (Å²) in [5, 5.41) is 0. The predicted octanol–water partition coefficient (Wildman–Crippen LogP) is 2.79. The molecule has 21 heavy (non-hydrogen) atoms. The molecular formula is C13H17BrClNO4S. The van der Waals surface area contributed by atoms with Crippen LogP contribution in [0, 0.1) is 6.92 Å². The normalized spacial score (nSPS) is 11.5. The average Bonchev–Trinajstić information content (AvgIpc) is 2.39. The van der Waals surface area contributed by atoms with Crippen molar-refractivity contribution in [2.24, 2.45) is 0 Å². The smallest absolute Gasteiger partial charge is 0.261 e. The van der Waals surface area contributed by atoms with Gasteiger partial charge in [0.2, 0.25) is 0 Å². The molecule has 1 aromatic rings. The zero-order valence-corrected chi connectivity index (χ0v) is 15.2. The fourth-order valence-corrected chi connectivity index (χ4v) is 3.51. The Bertz CT molecular complexity index is 633. The van der Waals surface area contributed by atoms with Gasteiger partial charge >= 0.3 is 0 Å². The molecule has 1 amide bonds. The molecule has 0 aromatic heterocycles. The third-order valence-electron chi connectivity index (χ3n) is 2.93. The lowest BCUT2D eigenvalue weighted by molar-refractivity contribution is 0.0709. The summed E-state index contributed by atoms with van der Waals surface area (Å²) in [6, 6.07) is 2.88. The van der Waals surface area contributed by atoms with E-state index in [1.54, 1.807) is 20.0 Å². The second-order valence-electron chi connectivity index (χ2n) is 4.44. The molecule has 0 spiro atoms. The maximum absolute atomic E-state index is 12.3. The molecular weight excluding hydrogens is 382 g/mol. The molecule has 8 heteroatoms. The molecule has 0 saturated carbocycles. The molecule has 5 nitrogen and oxygen atoms in total. The number of carbonyl (C=O) groups is 1. The summed E-state index contributed by atoms with van der Waals surface area (Å²) in [5.74, 6) is -0.294. The van der Waals surface area contributed by atoms with Gasteiger partial charge in [-0.25, -0.2) is 8.42 Å². The van der Waals surface area contributed by atoms with Crippen molar-refractivity contribution in [2.45, 2.75) is 18.7 Å². The number of amides is 1. The summed E-state index contributed by atoms with van der Waals surface area (Å²) in [7, 11) is 3.12. The Kier molecular flexibility index (Phi) is 6.65. The van der Waals surface area contributed by atoms with E-state index in [4.69, 9.17) is 15.4 Å². The topological polar surface area (TPSA) is 63.7 Å². The summed E-state index contributed by atoms with van der Waals surface area (Å²) < 4.78 is 28.8. The van der Waals surface area contributed by atoms with E-state index in [1.165, 1.54) is 11.0 Å². The van der Waals surface area contributed by atoms with Crippen LogP contribution < -0.4 is 0 Å². The van der Waals surface area contributed by atoms with Gasteiger partial charge in [-0.15, -0.1) is 0 Å². The van der Waals surface area contributed by atoms with E-state index in [0.29, 0.717) is 29.8 Å². The van der Waals surface area contributed by atoms with Crippen LogP contribution in [-0.2, 0) is 13.8 Å². The van der Waals surface area contributed by atoms with Crippen molar-refractivity contribution in [3.63, 3.8) is 0 Å². The van der Waals surface area contributed by atoms with E-state index >= 15 is 0 Å². The molecule has 1 aromatic carbocycles. The third kappa shape index (κ3) is 4.95. The molecule has 0 aliphatic carbocycles. The van der Waals surface area contributed by atoms with Crippen LogP contribution in [0.15, 0.2) is 21.5 Å². The van der Waals surface area contributed by atoms with Gasteiger partial charge in [-0.2, -0.15) is 0 Å². The highest BCUT2D eigenvalue weighted by Crippen LogP contribution is 2.28. The fourth-order valence-electron chi connectivity index (χ4n) is 1.70. The van der Waals surface area contributed by atoms with Crippen molar-refractivity contribution in [2.75, 3.05) is 26.8 Å². The Labute approximate surface area is 137 Å². The second-order valence-corrected chi connectivity index (χ2v) is 7.83. The van der Waals surface area contributed by atoms with E-state index < -0.39 is 9.05 Å². The summed E-state index contributed by atoms with van der Waals surface area (Å²) in [5.41, 5.74) is 0.726. The second kappa shape index (κ2) is 7.58. The lowest BCUT2D eigenvalue weighted by Crippen LogP contribution is -2.30. The minimum absolute atomic E-state index is 0.0694. The van der Waals surface area contributed by atoms with Gasteiger partial charge in [-0.3, -0.25) is 4.79 Å². The largest absolute Gasteiger partial charge is 0.380 e. The number of nitrogens with zero attached hydrogens (tertiary/aromatic N) is 1. The van der Waals surface area contributed by atoms with Gasteiger partial charge in [0.1, 0.15) is 0 Å². The van der Waals surface area contributed by atoms with E-state index in [2.05, 4.69) is 15.9 Å². The predicted molar refractivity (Wildman–Crippen MR) is 85.4 cm³/mol. The van der Waals surface area contributed by atoms with Crippen molar-refractivity contribution in [3.05, 3.63) is 27.7 Å². The maximum Gasteiger partial charge on any atom is 0.261 e. The van der Waals surface area contributed by atoms with E-state index in [1.807, 2.05) is 6.92 Å². The molecule has 0 N–H and O–H groups in total. The molecule has 0 bridgehead atoms. The number of hydrogen-bond donors (Lipinski definition) is 0. The highest BCUT2D eigenvalue weighted by atomic mass is 79.9. The zero-order chi connectivity index (χ0) is 16.2. The van der Waals surface area contributed by atoms with E-state index in [0.717, 1.165) is 0 Å². The van der Waals surface area contributed by atoms with E-state index in [-0.39, 0.29) is 16.4 Å². The number of rotatable bonds is 6. The van der Waals surface area contributed by atoms with Crippen LogP contribution in [-0.4, -0.2) is 46.0 Å². The van der Waals surface area contributed by atoms with Gasteiger partial charge < -0.3 is 9.64 Å². The molecule has 0 radical (unpaired) electrons. The molecule has 1 rings (SSSR count). The summed E-state index contributed by atoms with van der Waals surface area (Å²) in [6.45, 7) is 4.91. The summed E-state index contributed by atoms with van der Waals surface area (Å²) in [4.78, 5) is 13.7. The van der Waals surface area contributed by atoms with Crippen molar-refractivity contribution in [3.8, 4) is 0 Å². The van der Waals surface area contributed by atoms with Crippen LogP contribution in [0.1, 0.15) is 22.8 Å². The Morgan fingerprint density at radius 1 is 1.43 bits per heavy atom. The van der Waals surface area contributed by atoms with Gasteiger partial charge in [0, 0.05) is 40.9 Å². The Balaban J connectivity index is 3.09. The van der Waals surface area contributed by atoms with Crippen molar-refractivity contribution < 1.29 is 17.9 Å². The third-order valence-corrected chi connectivity index (χ3v) is 5.20. The van der Waals surface area contributed by atoms with Crippen molar-refractivity contribution in [1.82, 2.24) is 4.90 Å². The highest BCUT2D eigenvalue weighted by Gasteiger charge is 2.20. The van der Waals surface area contributed by atoms with Crippen molar-refractivity contribution in [1.29, 1.82) is 0 Å². The SMILES string of the molecule is CCOCCN(C)C(=O)c1cc(Br)c(C)c(S(=O)(=O)Cl)c1. The van der Waals surface area contributed by atoms with Gasteiger partial charge in [-0.05, 0) is 31.5 Å². The van der Waals surface area contributed by atoms with Gasteiger partial charge in [0.15, 0.2) is 0 Å². The first-order valence-electron chi connectivity index (χ1n) is 6.26. The number of ether oxygens (including phenoxy) is 1. The number of likely N-dealkylation sites (N-methyl/N-ethyl adjacent to an activating group) is 1. The lowest BCUT2D eigenvalue weighted by atomic mass is 10.1. The standard InChI is InChI=1S/C13H17BrClNO4S/c1-4-20-6-5-16(3)13(17)10-7-11(14)9(2)12(8-10)21(15,18)19/h7-8H,4-6H2,1-3H3. The van der Waals surface area contributed by atoms with Gasteiger partial charge in [-0.1, -0.05) is 15.9 Å². The number of benzene rings is 1. The monoisotopic (exact) mass is 397 g/mol. The first-order valence-corrected chi connectivity index (χ1v) is 9.36. The van der Waals surface area contributed by atoms with Crippen LogP contribution in [0.25, 0.3) is 0 Å². The Hall–Kier alpha value is -0.630. The van der Waals surface area contributed by atoms with Crippen LogP contribution >= 0.6 is 26.6 Å². The van der Waals surface area contributed by atoms with Crippen molar-refractivity contribution >= 4 is 41.6 Å². The molecule has 0 unspecified atom stereocenters. The highest BCUT2D eigenvalue weighted by molar-refractivity contribution is 9.10. The van der Waals surface area contributed by atoms with Gasteiger partial charge in [0.25, 0.3) is 15.0 Å². The van der Waals surface area contributed by atoms with E-state index in [9.17, 15) is 13.2 Å². The Morgan fingerprint density at radius 2 is 2.05 bits per heavy atom. The number of hydrogen-bond acceptors (Lipinski definition) is 4. The molecule has 0 atom stereocenters. The molecule has 0 saturated heterocycles. The summed E-state index contributed by atoms with van der Waals surface area (Å²) >= 11 is 3.25. The van der Waals surface area contributed by atoms with Crippen LogP contribution in [0.4, 0.5) is 0 Å². The van der Waals surface area contributed by atoms with Gasteiger partial charge in [0.05, 0.1) is 11.5 Å².